The molecule has 2 amide bonds. The number of carbonyl (C=O) groups is 2. The van der Waals surface area contributed by atoms with Crippen molar-refractivity contribution in [2.24, 2.45) is 5.92 Å². The zero-order chi connectivity index (χ0) is 20.3. The zero-order valence-corrected chi connectivity index (χ0v) is 17.8. The van der Waals surface area contributed by atoms with Gasteiger partial charge in [-0.25, -0.2) is 0 Å². The fourth-order valence-corrected chi connectivity index (χ4v) is 4.49. The third kappa shape index (κ3) is 4.76. The average molecular weight is 397 g/mol. The van der Waals surface area contributed by atoms with Gasteiger partial charge in [0.05, 0.1) is 5.75 Å². The van der Waals surface area contributed by atoms with Crippen molar-refractivity contribution in [2.45, 2.75) is 45.4 Å². The van der Waals surface area contributed by atoms with Crippen molar-refractivity contribution in [1.29, 1.82) is 0 Å². The van der Waals surface area contributed by atoms with Crippen molar-refractivity contribution in [3.05, 3.63) is 59.7 Å². The predicted octanol–water partition coefficient (Wildman–Crippen LogP) is 5.57. The Bertz CT molecular complexity index is 846. The molecule has 1 atom stereocenters. The molecule has 1 aliphatic heterocycles. The highest BCUT2D eigenvalue weighted by Crippen LogP contribution is 2.42. The van der Waals surface area contributed by atoms with Crippen LogP contribution in [-0.4, -0.2) is 17.6 Å². The lowest BCUT2D eigenvalue weighted by atomic mass is 10.0. The van der Waals surface area contributed by atoms with Crippen LogP contribution in [0.5, 0.6) is 0 Å². The van der Waals surface area contributed by atoms with E-state index in [1.54, 1.807) is 11.8 Å². The van der Waals surface area contributed by atoms with Crippen LogP contribution in [0.1, 0.15) is 56.5 Å². The second-order valence-electron chi connectivity index (χ2n) is 7.94. The molecule has 148 valence electrons. The third-order valence-electron chi connectivity index (χ3n) is 4.75. The lowest BCUT2D eigenvalue weighted by Gasteiger charge is -2.25. The van der Waals surface area contributed by atoms with Gasteiger partial charge in [0.15, 0.2) is 0 Å². The minimum atomic E-state index is -0.0839. The van der Waals surface area contributed by atoms with Gasteiger partial charge in [0.1, 0.15) is 5.37 Å². The minimum Gasteiger partial charge on any atom is -0.326 e. The molecule has 1 heterocycles. The molecule has 1 aliphatic rings. The van der Waals surface area contributed by atoms with Crippen LogP contribution >= 0.6 is 11.8 Å². The van der Waals surface area contributed by atoms with Gasteiger partial charge in [0, 0.05) is 17.8 Å². The Labute approximate surface area is 171 Å². The van der Waals surface area contributed by atoms with Crippen LogP contribution in [0, 0.1) is 5.92 Å². The first-order valence-electron chi connectivity index (χ1n) is 9.78. The summed E-state index contributed by atoms with van der Waals surface area (Å²) < 4.78 is 0. The number of carbonyl (C=O) groups excluding carboxylic acids is 2. The number of rotatable bonds is 6. The summed E-state index contributed by atoms with van der Waals surface area (Å²) in [5.74, 6) is 1.36. The van der Waals surface area contributed by atoms with E-state index in [2.05, 4.69) is 31.3 Å². The highest BCUT2D eigenvalue weighted by atomic mass is 32.2. The van der Waals surface area contributed by atoms with Gasteiger partial charge in [-0.1, -0.05) is 52.0 Å². The molecule has 0 bridgehead atoms. The summed E-state index contributed by atoms with van der Waals surface area (Å²) in [6.45, 7) is 8.37. The van der Waals surface area contributed by atoms with Crippen molar-refractivity contribution in [2.75, 3.05) is 16.0 Å². The Morgan fingerprint density at radius 3 is 2.50 bits per heavy atom. The fraction of sp³-hybridized carbons (Fsp3) is 0.391. The number of anilines is 2. The molecule has 1 saturated heterocycles. The van der Waals surface area contributed by atoms with Crippen LogP contribution in [0.2, 0.25) is 0 Å². The van der Waals surface area contributed by atoms with E-state index in [1.807, 2.05) is 55.1 Å². The molecular formula is C23H28N2O2S. The number of nitrogens with zero attached hydrogens (tertiary/aromatic N) is 1. The molecular weight excluding hydrogens is 368 g/mol. The molecule has 0 aliphatic carbocycles. The molecule has 1 N–H and O–H groups in total. The molecule has 1 unspecified atom stereocenters. The summed E-state index contributed by atoms with van der Waals surface area (Å²) in [6, 6.07) is 16.1. The van der Waals surface area contributed by atoms with Crippen LogP contribution in [-0.2, 0) is 9.59 Å². The minimum absolute atomic E-state index is 0.0171. The average Bonchev–Trinajstić information content (AvgIpc) is 3.02. The molecule has 5 heteroatoms. The van der Waals surface area contributed by atoms with Crippen LogP contribution in [0.25, 0.3) is 0 Å². The first kappa shape index (κ1) is 20.5. The summed E-state index contributed by atoms with van der Waals surface area (Å²) in [5, 5.41) is 2.89. The molecule has 0 radical (unpaired) electrons. The highest BCUT2D eigenvalue weighted by Gasteiger charge is 2.34. The molecule has 0 saturated carbocycles. The quantitative estimate of drug-likeness (QED) is 0.694. The van der Waals surface area contributed by atoms with Crippen LogP contribution in [0.4, 0.5) is 11.4 Å². The van der Waals surface area contributed by atoms with Gasteiger partial charge < -0.3 is 5.32 Å². The molecule has 3 rings (SSSR count). The van der Waals surface area contributed by atoms with Gasteiger partial charge in [-0.2, -0.15) is 0 Å². The van der Waals surface area contributed by atoms with Gasteiger partial charge >= 0.3 is 0 Å². The number of hydrogen-bond acceptors (Lipinski definition) is 3. The topological polar surface area (TPSA) is 49.4 Å². The molecule has 4 nitrogen and oxygen atoms in total. The van der Waals surface area contributed by atoms with Crippen molar-refractivity contribution >= 4 is 35.0 Å². The Kier molecular flexibility index (Phi) is 6.45. The lowest BCUT2D eigenvalue weighted by molar-refractivity contribution is -0.117. The largest absolute Gasteiger partial charge is 0.326 e. The molecule has 0 aromatic heterocycles. The maximum atomic E-state index is 12.6. The van der Waals surface area contributed by atoms with Crippen molar-refractivity contribution in [3.63, 3.8) is 0 Å². The van der Waals surface area contributed by atoms with Gasteiger partial charge in [0.25, 0.3) is 0 Å². The lowest BCUT2D eigenvalue weighted by Crippen LogP contribution is -2.27. The van der Waals surface area contributed by atoms with Gasteiger partial charge in [0.2, 0.25) is 11.8 Å². The van der Waals surface area contributed by atoms with E-state index in [4.69, 9.17) is 0 Å². The van der Waals surface area contributed by atoms with Crippen molar-refractivity contribution in [1.82, 2.24) is 0 Å². The second kappa shape index (κ2) is 8.82. The third-order valence-corrected chi connectivity index (χ3v) is 5.97. The number of nitrogens with one attached hydrogen (secondary N) is 1. The van der Waals surface area contributed by atoms with Crippen LogP contribution in [0.3, 0.4) is 0 Å². The molecule has 2 aromatic carbocycles. The second-order valence-corrected chi connectivity index (χ2v) is 9.01. The summed E-state index contributed by atoms with van der Waals surface area (Å²) in [7, 11) is 0. The first-order valence-corrected chi connectivity index (χ1v) is 10.8. The van der Waals surface area contributed by atoms with E-state index in [-0.39, 0.29) is 17.2 Å². The van der Waals surface area contributed by atoms with Crippen LogP contribution in [0.15, 0.2) is 48.5 Å². The first-order chi connectivity index (χ1) is 13.3. The predicted molar refractivity (Wildman–Crippen MR) is 118 cm³/mol. The van der Waals surface area contributed by atoms with E-state index < -0.39 is 0 Å². The Hall–Kier alpha value is -2.27. The summed E-state index contributed by atoms with van der Waals surface area (Å²) >= 11 is 1.62. The zero-order valence-electron chi connectivity index (χ0n) is 16.9. The highest BCUT2D eigenvalue weighted by molar-refractivity contribution is 8.00. The number of thioether (sulfide) groups is 1. The molecule has 1 fully saturated rings. The van der Waals surface area contributed by atoms with Gasteiger partial charge in [-0.05, 0) is 47.2 Å². The molecule has 2 aromatic rings. The normalized spacial score (nSPS) is 16.9. The maximum Gasteiger partial charge on any atom is 0.238 e. The monoisotopic (exact) mass is 396 g/mol. The fourth-order valence-electron chi connectivity index (χ4n) is 3.32. The van der Waals surface area contributed by atoms with E-state index in [9.17, 15) is 9.59 Å². The van der Waals surface area contributed by atoms with E-state index in [0.717, 1.165) is 16.9 Å². The van der Waals surface area contributed by atoms with Gasteiger partial charge in [-0.15, -0.1) is 11.8 Å². The smallest absolute Gasteiger partial charge is 0.238 e. The molecule has 28 heavy (non-hydrogen) atoms. The SMILES string of the molecule is CC(C)CC(=O)Nc1cccc(C2SCC(=O)N2c2ccc(C(C)C)cc2)c1. The Morgan fingerprint density at radius 2 is 1.86 bits per heavy atom. The van der Waals surface area contributed by atoms with Crippen molar-refractivity contribution < 1.29 is 9.59 Å². The Balaban J connectivity index is 1.82. The summed E-state index contributed by atoms with van der Waals surface area (Å²) in [6.07, 6.45) is 0.495. The maximum absolute atomic E-state index is 12.6. The molecule has 0 spiro atoms. The standard InChI is InChI=1S/C23H28N2O2S/c1-15(2)12-21(26)24-19-7-5-6-18(13-19)23-25(22(27)14-28-23)20-10-8-17(9-11-20)16(3)4/h5-11,13,15-16,23H,12,14H2,1-4H3,(H,24,26). The van der Waals surface area contributed by atoms with Crippen molar-refractivity contribution in [3.8, 4) is 0 Å². The van der Waals surface area contributed by atoms with E-state index in [1.165, 1.54) is 5.56 Å². The number of amides is 2. The van der Waals surface area contributed by atoms with Gasteiger partial charge in [-0.3, -0.25) is 14.5 Å². The number of benzene rings is 2. The van der Waals surface area contributed by atoms with E-state index >= 15 is 0 Å². The summed E-state index contributed by atoms with van der Waals surface area (Å²) in [5.41, 5.74) is 3.97. The number of hydrogen-bond donors (Lipinski definition) is 1. The summed E-state index contributed by atoms with van der Waals surface area (Å²) in [4.78, 5) is 26.6. The van der Waals surface area contributed by atoms with Crippen LogP contribution < -0.4 is 10.2 Å². The van der Waals surface area contributed by atoms with E-state index in [0.29, 0.717) is 24.0 Å². The Morgan fingerprint density at radius 1 is 1.14 bits per heavy atom.